The SMILES string of the molecule is O=C(CSCCOC(c1ccccc1)c1ccccc1)Nc1cccc2ccccc12. The maximum atomic E-state index is 12.4. The van der Waals surface area contributed by atoms with E-state index in [1.165, 1.54) is 0 Å². The quantitative estimate of drug-likeness (QED) is 0.318. The summed E-state index contributed by atoms with van der Waals surface area (Å²) in [6.45, 7) is 0.570. The Hall–Kier alpha value is -3.08. The number of rotatable bonds is 9. The summed E-state index contributed by atoms with van der Waals surface area (Å²) in [7, 11) is 0. The van der Waals surface area contributed by atoms with Gasteiger partial charge in [0.1, 0.15) is 6.10 Å². The summed E-state index contributed by atoms with van der Waals surface area (Å²) < 4.78 is 6.22. The predicted molar refractivity (Wildman–Crippen MR) is 131 cm³/mol. The molecular formula is C27H25NO2S. The summed E-state index contributed by atoms with van der Waals surface area (Å²) in [5, 5.41) is 5.21. The fourth-order valence-electron chi connectivity index (χ4n) is 3.55. The monoisotopic (exact) mass is 427 g/mol. The highest BCUT2D eigenvalue weighted by Gasteiger charge is 2.14. The lowest BCUT2D eigenvalue weighted by molar-refractivity contribution is -0.113. The normalized spacial score (nSPS) is 11.0. The first-order chi connectivity index (χ1) is 15.3. The van der Waals surface area contributed by atoms with E-state index in [0.29, 0.717) is 12.4 Å². The molecular weight excluding hydrogens is 402 g/mol. The zero-order valence-electron chi connectivity index (χ0n) is 17.2. The minimum Gasteiger partial charge on any atom is -0.368 e. The molecule has 0 heterocycles. The van der Waals surface area contributed by atoms with Gasteiger partial charge in [-0.2, -0.15) is 0 Å². The first kappa shape index (κ1) is 21.2. The van der Waals surface area contributed by atoms with Crippen LogP contribution in [0.3, 0.4) is 0 Å². The molecule has 4 aromatic carbocycles. The van der Waals surface area contributed by atoms with Crippen LogP contribution in [0.15, 0.2) is 103 Å². The smallest absolute Gasteiger partial charge is 0.234 e. The number of hydrogen-bond acceptors (Lipinski definition) is 3. The summed E-state index contributed by atoms with van der Waals surface area (Å²) in [6, 6.07) is 34.5. The molecule has 4 heteroatoms. The number of ether oxygens (including phenoxy) is 1. The van der Waals surface area contributed by atoms with Gasteiger partial charge in [0.2, 0.25) is 5.91 Å². The Balaban J connectivity index is 1.28. The van der Waals surface area contributed by atoms with Crippen LogP contribution in [-0.2, 0) is 9.53 Å². The van der Waals surface area contributed by atoms with Gasteiger partial charge in [-0.15, -0.1) is 11.8 Å². The van der Waals surface area contributed by atoms with E-state index in [1.54, 1.807) is 11.8 Å². The van der Waals surface area contributed by atoms with E-state index in [9.17, 15) is 4.79 Å². The predicted octanol–water partition coefficient (Wildman–Crippen LogP) is 6.32. The number of amides is 1. The molecule has 3 nitrogen and oxygen atoms in total. The van der Waals surface area contributed by atoms with Crippen LogP contribution in [-0.4, -0.2) is 24.0 Å². The molecule has 0 atom stereocenters. The number of benzene rings is 4. The van der Waals surface area contributed by atoms with Crippen LogP contribution in [0.25, 0.3) is 10.8 Å². The Morgan fingerprint density at radius 2 is 1.39 bits per heavy atom. The molecule has 4 aromatic rings. The molecule has 1 amide bonds. The standard InChI is InChI=1S/C27H25NO2S/c29-26(28-25-17-9-15-21-10-7-8-16-24(21)25)20-31-19-18-30-27(22-11-3-1-4-12-22)23-13-5-2-6-14-23/h1-17,27H,18-20H2,(H,28,29). The van der Waals surface area contributed by atoms with Crippen LogP contribution in [0, 0.1) is 0 Å². The van der Waals surface area contributed by atoms with Crippen LogP contribution in [0.4, 0.5) is 5.69 Å². The topological polar surface area (TPSA) is 38.3 Å². The third kappa shape index (κ3) is 5.75. The highest BCUT2D eigenvalue weighted by Crippen LogP contribution is 2.26. The molecule has 0 aliphatic rings. The number of fused-ring (bicyclic) bond motifs is 1. The zero-order chi connectivity index (χ0) is 21.3. The Morgan fingerprint density at radius 3 is 2.10 bits per heavy atom. The maximum absolute atomic E-state index is 12.4. The Bertz CT molecular complexity index is 1070. The second-order valence-electron chi connectivity index (χ2n) is 7.20. The number of thioether (sulfide) groups is 1. The van der Waals surface area contributed by atoms with Crippen LogP contribution in [0.1, 0.15) is 17.2 Å². The Kier molecular flexibility index (Phi) is 7.37. The van der Waals surface area contributed by atoms with E-state index in [2.05, 4.69) is 29.6 Å². The van der Waals surface area contributed by atoms with Crippen LogP contribution in [0.2, 0.25) is 0 Å². The lowest BCUT2D eigenvalue weighted by Gasteiger charge is -2.19. The van der Waals surface area contributed by atoms with Gasteiger partial charge in [0.05, 0.1) is 12.4 Å². The molecule has 31 heavy (non-hydrogen) atoms. The van der Waals surface area contributed by atoms with Gasteiger partial charge in [-0.1, -0.05) is 97.1 Å². The Labute approximate surface area is 187 Å². The number of hydrogen-bond donors (Lipinski definition) is 1. The van der Waals surface area contributed by atoms with Crippen molar-refractivity contribution in [3.8, 4) is 0 Å². The summed E-state index contributed by atoms with van der Waals surface area (Å²) in [5.41, 5.74) is 3.12. The molecule has 0 radical (unpaired) electrons. The van der Waals surface area contributed by atoms with Crippen molar-refractivity contribution in [1.82, 2.24) is 0 Å². The molecule has 156 valence electrons. The number of nitrogens with one attached hydrogen (secondary N) is 1. The molecule has 1 N–H and O–H groups in total. The highest BCUT2D eigenvalue weighted by atomic mass is 32.2. The lowest BCUT2D eigenvalue weighted by atomic mass is 10.0. The molecule has 4 rings (SSSR count). The van der Waals surface area contributed by atoms with E-state index in [-0.39, 0.29) is 12.0 Å². The van der Waals surface area contributed by atoms with E-state index in [4.69, 9.17) is 4.74 Å². The third-order valence-electron chi connectivity index (χ3n) is 5.01. The van der Waals surface area contributed by atoms with Gasteiger partial charge in [0.25, 0.3) is 0 Å². The van der Waals surface area contributed by atoms with Crippen LogP contribution in [0.5, 0.6) is 0 Å². The van der Waals surface area contributed by atoms with Gasteiger partial charge in [-0.05, 0) is 22.6 Å². The van der Waals surface area contributed by atoms with Gasteiger partial charge in [-0.25, -0.2) is 0 Å². The highest BCUT2D eigenvalue weighted by molar-refractivity contribution is 7.99. The molecule has 0 bridgehead atoms. The third-order valence-corrected chi connectivity index (χ3v) is 5.94. The van der Waals surface area contributed by atoms with Gasteiger partial charge in [-0.3, -0.25) is 4.79 Å². The molecule has 0 spiro atoms. The fraction of sp³-hybridized carbons (Fsp3) is 0.148. The van der Waals surface area contributed by atoms with E-state index >= 15 is 0 Å². The fourth-order valence-corrected chi connectivity index (χ4v) is 4.17. The van der Waals surface area contributed by atoms with Crippen molar-refractivity contribution in [3.63, 3.8) is 0 Å². The lowest BCUT2D eigenvalue weighted by Crippen LogP contribution is -2.15. The summed E-state index contributed by atoms with van der Waals surface area (Å²) in [5.74, 6) is 1.15. The van der Waals surface area contributed by atoms with E-state index < -0.39 is 0 Å². The summed E-state index contributed by atoms with van der Waals surface area (Å²) in [4.78, 5) is 12.4. The Morgan fingerprint density at radius 1 is 0.774 bits per heavy atom. The van der Waals surface area contributed by atoms with Crippen molar-refractivity contribution in [2.45, 2.75) is 6.10 Å². The van der Waals surface area contributed by atoms with Crippen molar-refractivity contribution < 1.29 is 9.53 Å². The van der Waals surface area contributed by atoms with E-state index in [1.807, 2.05) is 78.9 Å². The first-order valence-corrected chi connectivity index (χ1v) is 11.5. The molecule has 0 aliphatic heterocycles. The van der Waals surface area contributed by atoms with Crippen LogP contribution >= 0.6 is 11.8 Å². The second kappa shape index (κ2) is 10.8. The zero-order valence-corrected chi connectivity index (χ0v) is 18.1. The minimum atomic E-state index is -0.104. The minimum absolute atomic E-state index is 0.00372. The van der Waals surface area contributed by atoms with Gasteiger partial charge in [0.15, 0.2) is 0 Å². The first-order valence-electron chi connectivity index (χ1n) is 10.4. The number of carbonyl (C=O) groups excluding carboxylic acids is 1. The molecule has 0 saturated heterocycles. The van der Waals surface area contributed by atoms with Crippen molar-refractivity contribution in [2.75, 3.05) is 23.4 Å². The van der Waals surface area contributed by atoms with Gasteiger partial charge < -0.3 is 10.1 Å². The van der Waals surface area contributed by atoms with Gasteiger partial charge >= 0.3 is 0 Å². The molecule has 0 fully saturated rings. The van der Waals surface area contributed by atoms with Gasteiger partial charge in [0, 0.05) is 16.8 Å². The molecule has 0 saturated carbocycles. The van der Waals surface area contributed by atoms with Crippen molar-refractivity contribution in [2.24, 2.45) is 0 Å². The average molecular weight is 428 g/mol. The largest absolute Gasteiger partial charge is 0.368 e. The summed E-state index contributed by atoms with van der Waals surface area (Å²) in [6.07, 6.45) is -0.104. The molecule has 0 unspecified atom stereocenters. The second-order valence-corrected chi connectivity index (χ2v) is 8.30. The van der Waals surface area contributed by atoms with Crippen molar-refractivity contribution in [1.29, 1.82) is 0 Å². The number of carbonyl (C=O) groups is 1. The average Bonchev–Trinajstić information content (AvgIpc) is 2.83. The summed E-state index contributed by atoms with van der Waals surface area (Å²) >= 11 is 1.58. The molecule has 0 aromatic heterocycles. The van der Waals surface area contributed by atoms with Crippen molar-refractivity contribution >= 4 is 34.1 Å². The molecule has 0 aliphatic carbocycles. The van der Waals surface area contributed by atoms with Crippen LogP contribution < -0.4 is 5.32 Å². The number of anilines is 1. The van der Waals surface area contributed by atoms with E-state index in [0.717, 1.165) is 33.3 Å². The van der Waals surface area contributed by atoms with Crippen molar-refractivity contribution in [3.05, 3.63) is 114 Å². The maximum Gasteiger partial charge on any atom is 0.234 e.